The summed E-state index contributed by atoms with van der Waals surface area (Å²) in [6.07, 6.45) is 5.29. The van der Waals surface area contributed by atoms with Crippen molar-refractivity contribution >= 4 is 0 Å². The Kier molecular flexibility index (Phi) is 6.68. The lowest BCUT2D eigenvalue weighted by Crippen LogP contribution is -2.27. The van der Waals surface area contributed by atoms with Gasteiger partial charge in [0.25, 0.3) is 0 Å². The molecule has 118 valence electrons. The summed E-state index contributed by atoms with van der Waals surface area (Å²) in [6.45, 7) is 5.96. The Morgan fingerprint density at radius 2 is 1.86 bits per heavy atom. The molecule has 0 aliphatic heterocycles. The molecule has 21 heavy (non-hydrogen) atoms. The Balaban J connectivity index is 1.87. The molecule has 1 N–H and O–H groups in total. The molecule has 0 heterocycles. The zero-order valence-corrected chi connectivity index (χ0v) is 13.6. The number of benzene rings is 1. The summed E-state index contributed by atoms with van der Waals surface area (Å²) >= 11 is 0. The van der Waals surface area contributed by atoms with Crippen LogP contribution in [-0.2, 0) is 22.6 Å². The fourth-order valence-electron chi connectivity index (χ4n) is 2.86. The van der Waals surface area contributed by atoms with Crippen LogP contribution in [0.25, 0.3) is 0 Å². The average Bonchev–Trinajstić information content (AvgIpc) is 2.52. The number of nitrogens with one attached hydrogen (secondary N) is 1. The van der Waals surface area contributed by atoms with Gasteiger partial charge in [-0.05, 0) is 36.8 Å². The van der Waals surface area contributed by atoms with Gasteiger partial charge in [0.15, 0.2) is 0 Å². The lowest BCUT2D eigenvalue weighted by molar-refractivity contribution is -0.0365. The SMILES string of the molecule is COC1CCCC(OCc2ccccc2CNC(C)C)C1. The van der Waals surface area contributed by atoms with E-state index in [1.807, 2.05) is 0 Å². The minimum atomic E-state index is 0.342. The van der Waals surface area contributed by atoms with Crippen LogP contribution >= 0.6 is 0 Å². The van der Waals surface area contributed by atoms with Crippen LogP contribution in [0.5, 0.6) is 0 Å². The van der Waals surface area contributed by atoms with Gasteiger partial charge in [0.1, 0.15) is 0 Å². The highest BCUT2D eigenvalue weighted by Crippen LogP contribution is 2.24. The molecule has 1 aliphatic carbocycles. The van der Waals surface area contributed by atoms with Gasteiger partial charge in [0.2, 0.25) is 0 Å². The summed E-state index contributed by atoms with van der Waals surface area (Å²) in [5, 5.41) is 3.48. The van der Waals surface area contributed by atoms with Gasteiger partial charge in [-0.25, -0.2) is 0 Å². The zero-order chi connectivity index (χ0) is 15.1. The molecule has 3 nitrogen and oxygen atoms in total. The first-order valence-electron chi connectivity index (χ1n) is 8.13. The Hall–Kier alpha value is -0.900. The van der Waals surface area contributed by atoms with Gasteiger partial charge in [-0.15, -0.1) is 0 Å². The quantitative estimate of drug-likeness (QED) is 0.831. The van der Waals surface area contributed by atoms with Crippen LogP contribution in [0.2, 0.25) is 0 Å². The molecular formula is C18H29NO2. The summed E-state index contributed by atoms with van der Waals surface area (Å²) in [5.41, 5.74) is 2.63. The fraction of sp³-hybridized carbons (Fsp3) is 0.667. The molecule has 0 amide bonds. The van der Waals surface area contributed by atoms with E-state index in [4.69, 9.17) is 9.47 Å². The van der Waals surface area contributed by atoms with Crippen LogP contribution in [0.4, 0.5) is 0 Å². The number of ether oxygens (including phenoxy) is 2. The molecule has 1 saturated carbocycles. The van der Waals surface area contributed by atoms with Crippen molar-refractivity contribution in [2.75, 3.05) is 7.11 Å². The maximum absolute atomic E-state index is 6.14. The largest absolute Gasteiger partial charge is 0.381 e. The fourth-order valence-corrected chi connectivity index (χ4v) is 2.86. The van der Waals surface area contributed by atoms with Crippen molar-refractivity contribution in [3.63, 3.8) is 0 Å². The van der Waals surface area contributed by atoms with Crippen LogP contribution in [0.1, 0.15) is 50.7 Å². The second kappa shape index (κ2) is 8.52. The maximum atomic E-state index is 6.14. The molecule has 0 radical (unpaired) electrons. The van der Waals surface area contributed by atoms with E-state index in [1.54, 1.807) is 7.11 Å². The standard InChI is InChI=1S/C18H29NO2/c1-14(2)19-12-15-7-4-5-8-16(15)13-21-18-10-6-9-17(11-18)20-3/h4-5,7-8,14,17-19H,6,9-13H2,1-3H3. The van der Waals surface area contributed by atoms with Gasteiger partial charge in [0, 0.05) is 19.7 Å². The minimum Gasteiger partial charge on any atom is -0.381 e. The van der Waals surface area contributed by atoms with E-state index in [0.29, 0.717) is 24.9 Å². The molecule has 2 unspecified atom stereocenters. The Labute approximate surface area is 129 Å². The predicted octanol–water partition coefficient (Wildman–Crippen LogP) is 3.66. The highest BCUT2D eigenvalue weighted by molar-refractivity contribution is 5.26. The Morgan fingerprint density at radius 1 is 1.14 bits per heavy atom. The van der Waals surface area contributed by atoms with Crippen LogP contribution in [0, 0.1) is 0 Å². The van der Waals surface area contributed by atoms with E-state index in [9.17, 15) is 0 Å². The van der Waals surface area contributed by atoms with E-state index in [0.717, 1.165) is 19.4 Å². The van der Waals surface area contributed by atoms with Crippen LogP contribution < -0.4 is 5.32 Å². The number of hydrogen-bond acceptors (Lipinski definition) is 3. The van der Waals surface area contributed by atoms with Gasteiger partial charge in [0.05, 0.1) is 18.8 Å². The van der Waals surface area contributed by atoms with Crippen LogP contribution in [-0.4, -0.2) is 25.4 Å². The van der Waals surface area contributed by atoms with Crippen molar-refractivity contribution in [1.29, 1.82) is 0 Å². The van der Waals surface area contributed by atoms with Crippen molar-refractivity contribution in [2.24, 2.45) is 0 Å². The van der Waals surface area contributed by atoms with Gasteiger partial charge >= 0.3 is 0 Å². The van der Waals surface area contributed by atoms with Crippen molar-refractivity contribution in [1.82, 2.24) is 5.32 Å². The summed E-state index contributed by atoms with van der Waals surface area (Å²) in [4.78, 5) is 0. The topological polar surface area (TPSA) is 30.5 Å². The molecule has 0 spiro atoms. The van der Waals surface area contributed by atoms with E-state index in [2.05, 4.69) is 43.4 Å². The van der Waals surface area contributed by atoms with E-state index >= 15 is 0 Å². The number of rotatable bonds is 7. The highest BCUT2D eigenvalue weighted by Gasteiger charge is 2.22. The third-order valence-electron chi connectivity index (χ3n) is 4.21. The second-order valence-corrected chi connectivity index (χ2v) is 6.26. The van der Waals surface area contributed by atoms with Crippen LogP contribution in [0.15, 0.2) is 24.3 Å². The Morgan fingerprint density at radius 3 is 2.57 bits per heavy atom. The molecule has 1 fully saturated rings. The summed E-state index contributed by atoms with van der Waals surface area (Å²) in [6, 6.07) is 9.06. The molecule has 1 aromatic rings. The molecule has 0 aromatic heterocycles. The van der Waals surface area contributed by atoms with E-state index in [-0.39, 0.29) is 0 Å². The normalized spacial score (nSPS) is 22.7. The van der Waals surface area contributed by atoms with E-state index in [1.165, 1.54) is 24.0 Å². The monoisotopic (exact) mass is 291 g/mol. The third kappa shape index (κ3) is 5.42. The first kappa shape index (κ1) is 16.5. The summed E-state index contributed by atoms with van der Waals surface area (Å²) in [5.74, 6) is 0. The number of methoxy groups -OCH3 is 1. The summed E-state index contributed by atoms with van der Waals surface area (Å²) < 4.78 is 11.6. The van der Waals surface area contributed by atoms with Crippen LogP contribution in [0.3, 0.4) is 0 Å². The highest BCUT2D eigenvalue weighted by atomic mass is 16.5. The molecule has 1 aliphatic rings. The molecule has 2 atom stereocenters. The lowest BCUT2D eigenvalue weighted by Gasteiger charge is -2.28. The molecule has 3 heteroatoms. The average molecular weight is 291 g/mol. The van der Waals surface area contributed by atoms with Gasteiger partial charge in [-0.3, -0.25) is 0 Å². The van der Waals surface area contributed by atoms with Crippen molar-refractivity contribution < 1.29 is 9.47 Å². The maximum Gasteiger partial charge on any atom is 0.0723 e. The van der Waals surface area contributed by atoms with Gasteiger partial charge < -0.3 is 14.8 Å². The molecular weight excluding hydrogens is 262 g/mol. The molecule has 2 rings (SSSR count). The van der Waals surface area contributed by atoms with Crippen molar-refractivity contribution in [2.45, 2.75) is 70.9 Å². The lowest BCUT2D eigenvalue weighted by atomic mass is 9.95. The molecule has 0 saturated heterocycles. The van der Waals surface area contributed by atoms with Gasteiger partial charge in [-0.2, -0.15) is 0 Å². The smallest absolute Gasteiger partial charge is 0.0723 e. The van der Waals surface area contributed by atoms with Crippen molar-refractivity contribution in [3.8, 4) is 0 Å². The second-order valence-electron chi connectivity index (χ2n) is 6.26. The van der Waals surface area contributed by atoms with Gasteiger partial charge in [-0.1, -0.05) is 38.1 Å². The first-order valence-corrected chi connectivity index (χ1v) is 8.13. The summed E-state index contributed by atoms with van der Waals surface area (Å²) in [7, 11) is 1.81. The first-order chi connectivity index (χ1) is 10.2. The molecule has 1 aromatic carbocycles. The minimum absolute atomic E-state index is 0.342. The predicted molar refractivity (Wildman–Crippen MR) is 86.3 cm³/mol. The Bertz CT molecular complexity index is 419. The third-order valence-corrected chi connectivity index (χ3v) is 4.21. The number of hydrogen-bond donors (Lipinski definition) is 1. The molecule has 0 bridgehead atoms. The van der Waals surface area contributed by atoms with Crippen molar-refractivity contribution in [3.05, 3.63) is 35.4 Å². The zero-order valence-electron chi connectivity index (χ0n) is 13.6. The van der Waals surface area contributed by atoms with E-state index < -0.39 is 0 Å².